The third kappa shape index (κ3) is 3.80. The summed E-state index contributed by atoms with van der Waals surface area (Å²) >= 11 is 1.16. The van der Waals surface area contributed by atoms with Crippen LogP contribution in [0.1, 0.15) is 33.1 Å². The van der Waals surface area contributed by atoms with E-state index in [1.807, 2.05) is 0 Å². The Bertz CT molecular complexity index is 407. The van der Waals surface area contributed by atoms with E-state index in [1.165, 1.54) is 13.8 Å². The van der Waals surface area contributed by atoms with Gasteiger partial charge in [-0.1, -0.05) is 36.4 Å². The minimum atomic E-state index is -7.19. The van der Waals surface area contributed by atoms with E-state index in [4.69, 9.17) is 0 Å². The van der Waals surface area contributed by atoms with Crippen LogP contribution in [0.3, 0.4) is 0 Å². The molecule has 0 heterocycles. The summed E-state index contributed by atoms with van der Waals surface area (Å²) < 4.78 is 140. The lowest BCUT2D eigenvalue weighted by atomic mass is 9.81. The zero-order valence-electron chi connectivity index (χ0n) is 11.7. The smallest absolute Gasteiger partial charge is 0.227 e. The Kier molecular flexibility index (Phi) is 6.34. The average molecular weight is 480 g/mol. The molecular weight excluding hydrogens is 468 g/mol. The summed E-state index contributed by atoms with van der Waals surface area (Å²) in [4.78, 5) is 0. The van der Waals surface area contributed by atoms with Gasteiger partial charge in [-0.15, -0.1) is 0 Å². The molecule has 0 aliphatic rings. The summed E-state index contributed by atoms with van der Waals surface area (Å²) in [6.07, 6.45) is -16.6. The molecule has 0 fully saturated rings. The Morgan fingerprint density at radius 2 is 0.957 bits per heavy atom. The Balaban J connectivity index is 6.31. The third-order valence-corrected chi connectivity index (χ3v) is 5.43. The van der Waals surface area contributed by atoms with Crippen molar-refractivity contribution in [2.45, 2.75) is 66.4 Å². The Labute approximate surface area is 137 Å². The van der Waals surface area contributed by atoms with Gasteiger partial charge in [0.1, 0.15) is 0 Å². The van der Waals surface area contributed by atoms with Gasteiger partial charge in [-0.05, 0) is 12.8 Å². The number of rotatable bonds is 6. The van der Waals surface area contributed by atoms with Gasteiger partial charge in [0.2, 0.25) is 0 Å². The van der Waals surface area contributed by atoms with E-state index >= 15 is 0 Å². The topological polar surface area (TPSA) is 0 Å². The maximum atomic E-state index is 14.1. The van der Waals surface area contributed by atoms with Crippen LogP contribution in [0.4, 0.5) is 48.3 Å². The van der Waals surface area contributed by atoms with Crippen LogP contribution in [-0.4, -0.2) is 33.3 Å². The van der Waals surface area contributed by atoms with Gasteiger partial charge in [-0.3, -0.25) is 0 Å². The maximum Gasteiger partial charge on any atom is 0.460 e. The average Bonchev–Trinajstić information content (AvgIpc) is 2.35. The van der Waals surface area contributed by atoms with Gasteiger partial charge >= 0.3 is 24.2 Å². The zero-order valence-corrected chi connectivity index (χ0v) is 13.8. The first-order chi connectivity index (χ1) is 9.83. The van der Waals surface area contributed by atoms with Crippen molar-refractivity contribution in [1.29, 1.82) is 0 Å². The number of halogens is 12. The molecule has 0 rings (SSSR count). The second kappa shape index (κ2) is 6.36. The lowest BCUT2D eigenvalue weighted by molar-refractivity contribution is -0.412. The molecule has 0 nitrogen and oxygen atoms in total. The fraction of sp³-hybridized carbons (Fsp3) is 1.00. The molecule has 140 valence electrons. The molecule has 0 aromatic carbocycles. The second-order valence-electron chi connectivity index (χ2n) is 4.98. The molecule has 0 aliphatic carbocycles. The summed E-state index contributed by atoms with van der Waals surface area (Å²) in [5.41, 5.74) is -6.05. The zero-order chi connectivity index (χ0) is 19.1. The molecule has 0 bridgehead atoms. The highest BCUT2D eigenvalue weighted by Gasteiger charge is 2.86. The fourth-order valence-electron chi connectivity index (χ4n) is 1.75. The standard InChI is InChI=1S/C11H12F11I/c1-3-6(23,4-2)5-7(12,10(17,18)19)8(13,14)9(15,16)11(20,21)22/h3-5H2,1-2H3. The molecule has 0 saturated heterocycles. The second-order valence-corrected chi connectivity index (χ2v) is 7.27. The molecule has 12 heteroatoms. The van der Waals surface area contributed by atoms with E-state index < -0.39 is 39.7 Å². The van der Waals surface area contributed by atoms with Crippen LogP contribution >= 0.6 is 22.6 Å². The van der Waals surface area contributed by atoms with E-state index in [-0.39, 0.29) is 12.8 Å². The van der Waals surface area contributed by atoms with Crippen LogP contribution in [0.15, 0.2) is 0 Å². The van der Waals surface area contributed by atoms with Crippen molar-refractivity contribution in [3.8, 4) is 0 Å². The summed E-state index contributed by atoms with van der Waals surface area (Å²) in [7, 11) is 0. The van der Waals surface area contributed by atoms with Crippen molar-refractivity contribution in [1.82, 2.24) is 0 Å². The first-order valence-electron chi connectivity index (χ1n) is 6.10. The van der Waals surface area contributed by atoms with Crippen molar-refractivity contribution in [3.05, 3.63) is 0 Å². The highest BCUT2D eigenvalue weighted by Crippen LogP contribution is 2.60. The fourth-order valence-corrected chi connectivity index (χ4v) is 2.28. The van der Waals surface area contributed by atoms with Crippen LogP contribution in [-0.2, 0) is 0 Å². The molecule has 0 aromatic rings. The minimum absolute atomic E-state index is 0.348. The molecule has 1 atom stereocenters. The minimum Gasteiger partial charge on any atom is -0.227 e. The Morgan fingerprint density at radius 3 is 1.17 bits per heavy atom. The summed E-state index contributed by atoms with van der Waals surface area (Å²) in [6, 6.07) is 0. The van der Waals surface area contributed by atoms with Gasteiger partial charge in [-0.25, -0.2) is 4.39 Å². The Hall–Kier alpha value is -0.0400. The van der Waals surface area contributed by atoms with Gasteiger partial charge in [-0.2, -0.15) is 43.9 Å². The molecule has 23 heavy (non-hydrogen) atoms. The lowest BCUT2D eigenvalue weighted by Crippen LogP contribution is -2.68. The van der Waals surface area contributed by atoms with Gasteiger partial charge in [0.15, 0.2) is 0 Å². The van der Waals surface area contributed by atoms with E-state index in [1.54, 1.807) is 0 Å². The van der Waals surface area contributed by atoms with Gasteiger partial charge in [0.05, 0.1) is 0 Å². The van der Waals surface area contributed by atoms with Crippen molar-refractivity contribution in [2.24, 2.45) is 0 Å². The first-order valence-corrected chi connectivity index (χ1v) is 7.17. The molecule has 0 spiro atoms. The number of hydrogen-bond donors (Lipinski definition) is 0. The van der Waals surface area contributed by atoms with Crippen molar-refractivity contribution < 1.29 is 48.3 Å². The largest absolute Gasteiger partial charge is 0.460 e. The molecular formula is C11H12F11I. The van der Waals surface area contributed by atoms with Crippen molar-refractivity contribution in [3.63, 3.8) is 0 Å². The first kappa shape index (κ1) is 23.0. The molecule has 0 amide bonds. The van der Waals surface area contributed by atoms with E-state index in [0.29, 0.717) is 0 Å². The predicted molar refractivity (Wildman–Crippen MR) is 67.8 cm³/mol. The lowest BCUT2D eigenvalue weighted by Gasteiger charge is -2.42. The summed E-state index contributed by atoms with van der Waals surface area (Å²) in [5, 5.41) is 0. The van der Waals surface area contributed by atoms with Crippen molar-refractivity contribution in [2.75, 3.05) is 0 Å². The SMILES string of the molecule is CCC(I)(CC)CC(F)(C(F)(F)F)C(F)(F)C(F)(F)C(F)(F)F. The van der Waals surface area contributed by atoms with Gasteiger partial charge in [0.25, 0.3) is 5.67 Å². The van der Waals surface area contributed by atoms with E-state index in [9.17, 15) is 48.3 Å². The van der Waals surface area contributed by atoms with Crippen LogP contribution in [0.2, 0.25) is 0 Å². The predicted octanol–water partition coefficient (Wildman–Crippen LogP) is 6.47. The van der Waals surface area contributed by atoms with Gasteiger partial charge < -0.3 is 0 Å². The molecule has 0 aromatic heterocycles. The molecule has 1 unspecified atom stereocenters. The van der Waals surface area contributed by atoms with Crippen LogP contribution < -0.4 is 0 Å². The van der Waals surface area contributed by atoms with Crippen molar-refractivity contribution >= 4 is 22.6 Å². The highest BCUT2D eigenvalue weighted by molar-refractivity contribution is 14.1. The molecule has 0 radical (unpaired) electrons. The summed E-state index contributed by atoms with van der Waals surface area (Å²) in [5.74, 6) is -14.2. The van der Waals surface area contributed by atoms with Gasteiger partial charge in [0, 0.05) is 9.84 Å². The van der Waals surface area contributed by atoms with E-state index in [0.717, 1.165) is 22.6 Å². The number of hydrogen-bond acceptors (Lipinski definition) is 0. The monoisotopic (exact) mass is 480 g/mol. The summed E-state index contributed by atoms with van der Waals surface area (Å²) in [6.45, 7) is 2.35. The molecule has 0 N–H and O–H groups in total. The Morgan fingerprint density at radius 1 is 0.609 bits per heavy atom. The third-order valence-electron chi connectivity index (χ3n) is 3.53. The van der Waals surface area contributed by atoms with Crippen LogP contribution in [0, 0.1) is 0 Å². The highest BCUT2D eigenvalue weighted by atomic mass is 127. The molecule has 0 saturated carbocycles. The number of alkyl halides is 12. The quantitative estimate of drug-likeness (QED) is 0.232. The maximum absolute atomic E-state index is 14.1. The van der Waals surface area contributed by atoms with Crippen LogP contribution in [0.25, 0.3) is 0 Å². The molecule has 0 aliphatic heterocycles. The normalized spacial score (nSPS) is 18.0. The van der Waals surface area contributed by atoms with E-state index in [2.05, 4.69) is 0 Å². The van der Waals surface area contributed by atoms with Crippen LogP contribution in [0.5, 0.6) is 0 Å².